The summed E-state index contributed by atoms with van der Waals surface area (Å²) in [6, 6.07) is 11.5. The average Bonchev–Trinajstić information content (AvgIpc) is 3.01. The van der Waals surface area contributed by atoms with Crippen molar-refractivity contribution in [3.8, 4) is 11.8 Å². The van der Waals surface area contributed by atoms with Crippen LogP contribution in [0, 0.1) is 11.3 Å². The summed E-state index contributed by atoms with van der Waals surface area (Å²) in [7, 11) is 0. The molecular formula is C21H19BrClF2N3O2. The lowest BCUT2D eigenvalue weighted by Crippen LogP contribution is -2.37. The fourth-order valence-corrected chi connectivity index (χ4v) is 4.46. The largest absolute Gasteiger partial charge is 0.487 e. The fourth-order valence-electron chi connectivity index (χ4n) is 3.67. The number of ether oxygens (including phenoxy) is 1. The molecule has 0 radical (unpaired) electrons. The van der Waals surface area contributed by atoms with E-state index in [0.717, 1.165) is 15.7 Å². The van der Waals surface area contributed by atoms with Gasteiger partial charge in [0.25, 0.3) is 5.91 Å². The van der Waals surface area contributed by atoms with Crippen LogP contribution in [0.5, 0.6) is 5.75 Å². The van der Waals surface area contributed by atoms with E-state index in [0.29, 0.717) is 24.1 Å². The quantitative estimate of drug-likeness (QED) is 0.502. The molecule has 2 aromatic carbocycles. The zero-order valence-corrected chi connectivity index (χ0v) is 18.6. The lowest BCUT2D eigenvalue weighted by atomic mass is 10.0. The van der Waals surface area contributed by atoms with Crippen LogP contribution in [0.15, 0.2) is 40.9 Å². The number of amides is 1. The summed E-state index contributed by atoms with van der Waals surface area (Å²) in [5.41, 5.74) is -0.918. The number of nitriles is 1. The van der Waals surface area contributed by atoms with Crippen molar-refractivity contribution in [2.75, 3.05) is 10.2 Å². The van der Waals surface area contributed by atoms with Crippen LogP contribution in [0.25, 0.3) is 0 Å². The lowest BCUT2D eigenvalue weighted by Gasteiger charge is -2.31. The van der Waals surface area contributed by atoms with Crippen LogP contribution < -0.4 is 15.0 Å². The van der Waals surface area contributed by atoms with Crippen molar-refractivity contribution in [1.82, 2.24) is 0 Å². The SMILES string of the molecule is CC(C)N1c2c(Br)cc(C(=O)Nc3ccc(OC(F)(F)Cl)cc3)cc2CC1CC#N. The Morgan fingerprint density at radius 1 is 1.40 bits per heavy atom. The summed E-state index contributed by atoms with van der Waals surface area (Å²) >= 11 is 8.31. The molecule has 0 saturated heterocycles. The number of halogens is 4. The third-order valence-electron chi connectivity index (χ3n) is 4.74. The van der Waals surface area contributed by atoms with Crippen LogP contribution in [0.2, 0.25) is 0 Å². The van der Waals surface area contributed by atoms with E-state index in [2.05, 4.69) is 50.8 Å². The number of hydrogen-bond donors (Lipinski definition) is 1. The maximum atomic E-state index is 12.7. The average molecular weight is 499 g/mol. The lowest BCUT2D eigenvalue weighted by molar-refractivity contribution is -0.0964. The Balaban J connectivity index is 1.79. The van der Waals surface area contributed by atoms with Crippen LogP contribution in [0.4, 0.5) is 20.2 Å². The molecule has 0 bridgehead atoms. The van der Waals surface area contributed by atoms with Crippen LogP contribution in [0.3, 0.4) is 0 Å². The minimum absolute atomic E-state index is 0.0622. The first-order valence-corrected chi connectivity index (χ1v) is 10.4. The molecule has 0 aromatic heterocycles. The number of carbonyl (C=O) groups excluding carboxylic acids is 1. The summed E-state index contributed by atoms with van der Waals surface area (Å²) in [4.78, 5) is 14.9. The number of anilines is 2. The zero-order valence-electron chi connectivity index (χ0n) is 16.3. The van der Waals surface area contributed by atoms with E-state index in [9.17, 15) is 13.6 Å². The summed E-state index contributed by atoms with van der Waals surface area (Å²) in [5.74, 6) is -0.458. The predicted molar refractivity (Wildman–Crippen MR) is 115 cm³/mol. The third-order valence-corrected chi connectivity index (χ3v) is 5.42. The van der Waals surface area contributed by atoms with E-state index >= 15 is 0 Å². The van der Waals surface area contributed by atoms with Gasteiger partial charge in [0.2, 0.25) is 0 Å². The van der Waals surface area contributed by atoms with Crippen molar-refractivity contribution >= 4 is 44.8 Å². The Labute approximate surface area is 186 Å². The second-order valence-corrected chi connectivity index (χ2v) is 8.51. The number of alkyl halides is 3. The first-order valence-electron chi connectivity index (χ1n) is 9.24. The van der Waals surface area contributed by atoms with Crippen molar-refractivity contribution in [1.29, 1.82) is 5.26 Å². The fraction of sp³-hybridized carbons (Fsp3) is 0.333. The Morgan fingerprint density at radius 3 is 2.63 bits per heavy atom. The van der Waals surface area contributed by atoms with E-state index in [1.54, 1.807) is 6.07 Å². The minimum atomic E-state index is -3.80. The molecule has 5 nitrogen and oxygen atoms in total. The molecule has 0 fully saturated rings. The summed E-state index contributed by atoms with van der Waals surface area (Å²) in [5, 5.41) is 11.9. The van der Waals surface area contributed by atoms with Gasteiger partial charge >= 0.3 is 5.57 Å². The molecule has 30 heavy (non-hydrogen) atoms. The molecule has 0 aliphatic carbocycles. The van der Waals surface area contributed by atoms with Gasteiger partial charge in [0.15, 0.2) is 0 Å². The molecule has 3 rings (SSSR count). The van der Waals surface area contributed by atoms with Crippen LogP contribution in [-0.4, -0.2) is 23.6 Å². The number of nitrogens with zero attached hydrogens (tertiary/aromatic N) is 2. The Kier molecular flexibility index (Phi) is 6.53. The number of nitrogens with one attached hydrogen (secondary N) is 1. The molecular weight excluding hydrogens is 480 g/mol. The normalized spacial score (nSPS) is 15.7. The van der Waals surface area contributed by atoms with Gasteiger partial charge < -0.3 is 15.0 Å². The van der Waals surface area contributed by atoms with E-state index in [-0.39, 0.29) is 23.7 Å². The Bertz CT molecular complexity index is 987. The monoisotopic (exact) mass is 497 g/mol. The molecule has 0 spiro atoms. The van der Waals surface area contributed by atoms with Crippen molar-refractivity contribution in [2.45, 2.75) is 44.3 Å². The van der Waals surface area contributed by atoms with Gasteiger partial charge in [0, 0.05) is 39.4 Å². The maximum Gasteiger partial charge on any atom is 0.487 e. The highest BCUT2D eigenvalue weighted by molar-refractivity contribution is 9.10. The van der Waals surface area contributed by atoms with Gasteiger partial charge in [-0.2, -0.15) is 5.26 Å². The molecule has 158 valence electrons. The first-order chi connectivity index (χ1) is 14.1. The van der Waals surface area contributed by atoms with Crippen molar-refractivity contribution < 1.29 is 18.3 Å². The van der Waals surface area contributed by atoms with Gasteiger partial charge in [-0.15, -0.1) is 8.78 Å². The van der Waals surface area contributed by atoms with Crippen molar-refractivity contribution in [3.63, 3.8) is 0 Å². The van der Waals surface area contributed by atoms with Crippen LogP contribution in [0.1, 0.15) is 36.2 Å². The molecule has 1 aliphatic rings. The third kappa shape index (κ3) is 5.02. The highest BCUT2D eigenvalue weighted by Crippen LogP contribution is 2.41. The number of rotatable bonds is 6. The molecule has 1 heterocycles. The van der Waals surface area contributed by atoms with Crippen molar-refractivity contribution in [2.24, 2.45) is 0 Å². The molecule has 1 amide bonds. The smallest absolute Gasteiger partial charge is 0.420 e. The molecule has 1 N–H and O–H groups in total. The Hall–Kier alpha value is -2.37. The van der Waals surface area contributed by atoms with Gasteiger partial charge in [-0.1, -0.05) is 0 Å². The maximum absolute atomic E-state index is 12.7. The minimum Gasteiger partial charge on any atom is -0.420 e. The second kappa shape index (κ2) is 8.78. The van der Waals surface area contributed by atoms with Crippen LogP contribution >= 0.6 is 27.5 Å². The molecule has 9 heteroatoms. The van der Waals surface area contributed by atoms with Gasteiger partial charge in [-0.3, -0.25) is 4.79 Å². The zero-order chi connectivity index (χ0) is 22.1. The van der Waals surface area contributed by atoms with E-state index in [1.807, 2.05) is 6.07 Å². The van der Waals surface area contributed by atoms with Crippen molar-refractivity contribution in [3.05, 3.63) is 52.0 Å². The molecule has 1 atom stereocenters. The number of carbonyl (C=O) groups is 1. The predicted octanol–water partition coefficient (Wildman–Crippen LogP) is 5.92. The number of benzene rings is 2. The Morgan fingerprint density at radius 2 is 2.07 bits per heavy atom. The highest BCUT2D eigenvalue weighted by Gasteiger charge is 2.33. The molecule has 1 unspecified atom stereocenters. The van der Waals surface area contributed by atoms with Gasteiger partial charge in [0.05, 0.1) is 18.2 Å². The second-order valence-electron chi connectivity index (χ2n) is 7.21. The van der Waals surface area contributed by atoms with E-state index in [1.165, 1.54) is 24.3 Å². The van der Waals surface area contributed by atoms with E-state index in [4.69, 9.17) is 16.9 Å². The summed E-state index contributed by atoms with van der Waals surface area (Å²) in [6.45, 7) is 4.14. The molecule has 1 aliphatic heterocycles. The summed E-state index contributed by atoms with van der Waals surface area (Å²) in [6.07, 6.45) is 1.08. The highest BCUT2D eigenvalue weighted by atomic mass is 79.9. The molecule has 2 aromatic rings. The number of fused-ring (bicyclic) bond motifs is 1. The van der Waals surface area contributed by atoms with Crippen LogP contribution in [-0.2, 0) is 6.42 Å². The molecule has 0 saturated carbocycles. The van der Waals surface area contributed by atoms with Gasteiger partial charge in [0.1, 0.15) is 5.75 Å². The topological polar surface area (TPSA) is 65.4 Å². The van der Waals surface area contributed by atoms with Gasteiger partial charge in [-0.05, 0) is 78.2 Å². The first kappa shape index (κ1) is 22.3. The van der Waals surface area contributed by atoms with Gasteiger partial charge in [-0.25, -0.2) is 0 Å². The van der Waals surface area contributed by atoms with E-state index < -0.39 is 5.57 Å². The standard InChI is InChI=1S/C21H19BrClF2N3O2/c1-12(2)28-16(7-8-26)10-13-9-14(11-18(22)19(13)28)20(29)27-15-3-5-17(6-4-15)30-21(23,24)25/h3-6,9,11-12,16H,7,10H2,1-2H3,(H,27,29). The number of hydrogen-bond acceptors (Lipinski definition) is 4. The summed E-state index contributed by atoms with van der Waals surface area (Å²) < 4.78 is 30.4.